The van der Waals surface area contributed by atoms with Crippen LogP contribution in [0.3, 0.4) is 0 Å². The van der Waals surface area contributed by atoms with Gasteiger partial charge in [-0.2, -0.15) is 0 Å². The second-order valence-electron chi connectivity index (χ2n) is 4.52. The van der Waals surface area contributed by atoms with Gasteiger partial charge in [-0.05, 0) is 40.9 Å². The van der Waals surface area contributed by atoms with E-state index in [1.165, 1.54) is 11.3 Å². The molecule has 0 bridgehead atoms. The highest BCUT2D eigenvalue weighted by Gasteiger charge is 2.44. The van der Waals surface area contributed by atoms with Gasteiger partial charge in [0.1, 0.15) is 0 Å². The Morgan fingerprint density at radius 1 is 1.56 bits per heavy atom. The van der Waals surface area contributed by atoms with E-state index in [1.54, 1.807) is 11.0 Å². The Morgan fingerprint density at radius 2 is 2.28 bits per heavy atom. The van der Waals surface area contributed by atoms with Crippen molar-refractivity contribution in [3.63, 3.8) is 0 Å². The average molecular weight is 332 g/mol. The number of aliphatic carboxylic acids is 1. The van der Waals surface area contributed by atoms with Crippen LogP contribution in [0.2, 0.25) is 0 Å². The first kappa shape index (κ1) is 13.5. The molecule has 0 saturated carbocycles. The van der Waals surface area contributed by atoms with Crippen molar-refractivity contribution in [1.82, 2.24) is 4.90 Å². The molecule has 1 aliphatic rings. The standard InChI is InChI=1S/C12H14BrNO3S/c1-2-12(11(16)17)5-6-14(7-12)10(15)8-3-4-9(13)18-8/h3-4H,2,5-7H2,1H3,(H,16,17). The van der Waals surface area contributed by atoms with Gasteiger partial charge < -0.3 is 10.0 Å². The fourth-order valence-corrected chi connectivity index (χ4v) is 3.60. The van der Waals surface area contributed by atoms with E-state index in [1.807, 2.05) is 13.0 Å². The Bertz CT molecular complexity index is 487. The van der Waals surface area contributed by atoms with Gasteiger partial charge in [0.25, 0.3) is 5.91 Å². The van der Waals surface area contributed by atoms with E-state index in [-0.39, 0.29) is 5.91 Å². The van der Waals surface area contributed by atoms with Gasteiger partial charge in [-0.15, -0.1) is 11.3 Å². The molecule has 0 spiro atoms. The fraction of sp³-hybridized carbons (Fsp3) is 0.500. The Kier molecular flexibility index (Phi) is 3.77. The van der Waals surface area contributed by atoms with E-state index >= 15 is 0 Å². The predicted octanol–water partition coefficient (Wildman–Crippen LogP) is 2.84. The summed E-state index contributed by atoms with van der Waals surface area (Å²) in [5.41, 5.74) is -0.760. The van der Waals surface area contributed by atoms with Crippen molar-refractivity contribution in [1.29, 1.82) is 0 Å². The first-order chi connectivity index (χ1) is 8.48. The summed E-state index contributed by atoms with van der Waals surface area (Å²) in [6.45, 7) is 2.70. The number of carbonyl (C=O) groups excluding carboxylic acids is 1. The number of carbonyl (C=O) groups is 2. The lowest BCUT2D eigenvalue weighted by molar-refractivity contribution is -0.148. The fourth-order valence-electron chi connectivity index (χ4n) is 2.25. The SMILES string of the molecule is CCC1(C(=O)O)CCN(C(=O)c2ccc(Br)s2)C1. The van der Waals surface area contributed by atoms with Crippen LogP contribution in [0.15, 0.2) is 15.9 Å². The monoisotopic (exact) mass is 331 g/mol. The minimum Gasteiger partial charge on any atom is -0.481 e. The van der Waals surface area contributed by atoms with Crippen molar-refractivity contribution < 1.29 is 14.7 Å². The minimum atomic E-state index is -0.798. The molecule has 1 atom stereocenters. The smallest absolute Gasteiger partial charge is 0.311 e. The van der Waals surface area contributed by atoms with E-state index in [0.717, 1.165) is 3.79 Å². The van der Waals surface area contributed by atoms with Crippen LogP contribution in [0, 0.1) is 5.41 Å². The third-order valence-corrected chi connectivity index (χ3v) is 5.17. The first-order valence-electron chi connectivity index (χ1n) is 5.76. The normalized spacial score (nSPS) is 23.3. The molecule has 1 aromatic rings. The molecule has 0 radical (unpaired) electrons. The van der Waals surface area contributed by atoms with Gasteiger partial charge in [-0.25, -0.2) is 0 Å². The minimum absolute atomic E-state index is 0.0673. The van der Waals surface area contributed by atoms with Crippen molar-refractivity contribution in [3.8, 4) is 0 Å². The van der Waals surface area contributed by atoms with E-state index < -0.39 is 11.4 Å². The van der Waals surface area contributed by atoms with E-state index in [4.69, 9.17) is 0 Å². The second kappa shape index (κ2) is 5.01. The van der Waals surface area contributed by atoms with Gasteiger partial charge in [0.15, 0.2) is 0 Å². The van der Waals surface area contributed by atoms with Crippen molar-refractivity contribution in [2.75, 3.05) is 13.1 Å². The van der Waals surface area contributed by atoms with Crippen LogP contribution in [0.25, 0.3) is 0 Å². The summed E-state index contributed by atoms with van der Waals surface area (Å²) < 4.78 is 0.907. The molecule has 1 unspecified atom stereocenters. The summed E-state index contributed by atoms with van der Waals surface area (Å²) in [6, 6.07) is 3.60. The molecule has 1 saturated heterocycles. The molecule has 0 aromatic carbocycles. The number of hydrogen-bond donors (Lipinski definition) is 1. The second-order valence-corrected chi connectivity index (χ2v) is 6.98. The molecule has 98 valence electrons. The number of hydrogen-bond acceptors (Lipinski definition) is 3. The molecule has 1 aromatic heterocycles. The molecule has 6 heteroatoms. The number of rotatable bonds is 3. The molecule has 1 N–H and O–H groups in total. The summed E-state index contributed by atoms with van der Waals surface area (Å²) in [4.78, 5) is 25.8. The lowest BCUT2D eigenvalue weighted by Gasteiger charge is -2.22. The van der Waals surface area contributed by atoms with Gasteiger partial charge >= 0.3 is 5.97 Å². The summed E-state index contributed by atoms with van der Waals surface area (Å²) in [5, 5.41) is 9.30. The molecule has 2 rings (SSSR count). The van der Waals surface area contributed by atoms with E-state index in [2.05, 4.69) is 15.9 Å². The quantitative estimate of drug-likeness (QED) is 0.926. The molecule has 1 aliphatic heterocycles. The Balaban J connectivity index is 2.13. The number of carboxylic acid groups (broad SMARTS) is 1. The molecule has 1 amide bonds. The molecule has 1 fully saturated rings. The van der Waals surface area contributed by atoms with Crippen molar-refractivity contribution >= 4 is 39.1 Å². The highest BCUT2D eigenvalue weighted by Crippen LogP contribution is 2.35. The van der Waals surface area contributed by atoms with Crippen LogP contribution < -0.4 is 0 Å². The topological polar surface area (TPSA) is 57.6 Å². The van der Waals surface area contributed by atoms with Crippen LogP contribution in [0.1, 0.15) is 29.4 Å². The molecule has 2 heterocycles. The van der Waals surface area contributed by atoms with Crippen molar-refractivity contribution in [2.45, 2.75) is 19.8 Å². The molecular weight excluding hydrogens is 318 g/mol. The Labute approximate surface area is 118 Å². The highest BCUT2D eigenvalue weighted by atomic mass is 79.9. The Hall–Kier alpha value is -0.880. The van der Waals surface area contributed by atoms with Crippen molar-refractivity contribution in [2.24, 2.45) is 5.41 Å². The molecule has 18 heavy (non-hydrogen) atoms. The van der Waals surface area contributed by atoms with E-state index in [9.17, 15) is 14.7 Å². The summed E-state index contributed by atoms with van der Waals surface area (Å²) in [7, 11) is 0. The number of likely N-dealkylation sites (tertiary alicyclic amines) is 1. The van der Waals surface area contributed by atoms with Crippen LogP contribution in [-0.4, -0.2) is 35.0 Å². The molecule has 0 aliphatic carbocycles. The zero-order valence-corrected chi connectivity index (χ0v) is 12.4. The van der Waals surface area contributed by atoms with Gasteiger partial charge in [-0.3, -0.25) is 9.59 Å². The summed E-state index contributed by atoms with van der Waals surface area (Å²) >= 11 is 4.70. The number of carboxylic acids is 1. The lowest BCUT2D eigenvalue weighted by atomic mass is 9.84. The highest BCUT2D eigenvalue weighted by molar-refractivity contribution is 9.11. The maximum absolute atomic E-state index is 12.2. The van der Waals surface area contributed by atoms with Crippen LogP contribution in [0.5, 0.6) is 0 Å². The number of halogens is 1. The molecular formula is C12H14BrNO3S. The van der Waals surface area contributed by atoms with Crippen LogP contribution >= 0.6 is 27.3 Å². The maximum Gasteiger partial charge on any atom is 0.311 e. The lowest BCUT2D eigenvalue weighted by Crippen LogP contribution is -2.36. The molecule has 4 nitrogen and oxygen atoms in total. The maximum atomic E-state index is 12.2. The summed E-state index contributed by atoms with van der Waals surface area (Å²) in [5.74, 6) is -0.866. The average Bonchev–Trinajstić information content (AvgIpc) is 2.95. The predicted molar refractivity (Wildman–Crippen MR) is 72.9 cm³/mol. The first-order valence-corrected chi connectivity index (χ1v) is 7.37. The van der Waals surface area contributed by atoms with E-state index in [0.29, 0.717) is 30.8 Å². The van der Waals surface area contributed by atoms with Crippen LogP contribution in [0.4, 0.5) is 0 Å². The number of amides is 1. The van der Waals surface area contributed by atoms with Crippen molar-refractivity contribution in [3.05, 3.63) is 20.8 Å². The van der Waals surface area contributed by atoms with Gasteiger partial charge in [0.2, 0.25) is 0 Å². The zero-order chi connectivity index (χ0) is 13.3. The van der Waals surface area contributed by atoms with Gasteiger partial charge in [-0.1, -0.05) is 6.92 Å². The summed E-state index contributed by atoms with van der Waals surface area (Å²) in [6.07, 6.45) is 1.09. The number of thiophene rings is 1. The van der Waals surface area contributed by atoms with Gasteiger partial charge in [0, 0.05) is 13.1 Å². The third kappa shape index (κ3) is 2.31. The van der Waals surface area contributed by atoms with Crippen LogP contribution in [-0.2, 0) is 4.79 Å². The Morgan fingerprint density at radius 3 is 2.72 bits per heavy atom. The largest absolute Gasteiger partial charge is 0.481 e. The zero-order valence-electron chi connectivity index (χ0n) is 9.98. The van der Waals surface area contributed by atoms with Gasteiger partial charge in [0.05, 0.1) is 14.1 Å². The third-order valence-electron chi connectivity index (χ3n) is 3.56. The number of nitrogens with zero attached hydrogens (tertiary/aromatic N) is 1.